The van der Waals surface area contributed by atoms with Crippen LogP contribution < -0.4 is 10.6 Å². The zero-order valence-electron chi connectivity index (χ0n) is 21.3. The summed E-state index contributed by atoms with van der Waals surface area (Å²) in [5.41, 5.74) is 3.36. The maximum Gasteiger partial charge on any atom is 0.135 e. The van der Waals surface area contributed by atoms with E-state index in [0.29, 0.717) is 23.2 Å². The first-order valence-corrected chi connectivity index (χ1v) is 12.1. The average molecular weight is 475 g/mol. The number of furan rings is 1. The van der Waals surface area contributed by atoms with E-state index in [1.807, 2.05) is 60.7 Å². The van der Waals surface area contributed by atoms with Crippen LogP contribution in [0.1, 0.15) is 24.0 Å². The molecule has 0 aliphatic heterocycles. The van der Waals surface area contributed by atoms with Gasteiger partial charge >= 0.3 is 0 Å². The van der Waals surface area contributed by atoms with E-state index >= 15 is 0 Å². The van der Waals surface area contributed by atoms with E-state index in [-0.39, 0.29) is 0 Å². The summed E-state index contributed by atoms with van der Waals surface area (Å²) in [5.74, 6) is 2.19. The van der Waals surface area contributed by atoms with Crippen LogP contribution in [0, 0.1) is 10.8 Å². The van der Waals surface area contributed by atoms with Gasteiger partial charge in [0.1, 0.15) is 23.2 Å². The summed E-state index contributed by atoms with van der Waals surface area (Å²) in [5, 5.41) is 23.6. The van der Waals surface area contributed by atoms with Crippen molar-refractivity contribution in [3.63, 3.8) is 0 Å². The summed E-state index contributed by atoms with van der Waals surface area (Å²) in [6.45, 7) is 3.43. The summed E-state index contributed by atoms with van der Waals surface area (Å²) in [7, 11) is 8.21. The van der Waals surface area contributed by atoms with Gasteiger partial charge in [-0.25, -0.2) is 0 Å². The second-order valence-electron chi connectivity index (χ2n) is 9.17. The summed E-state index contributed by atoms with van der Waals surface area (Å²) >= 11 is 0. The molecule has 0 spiro atoms. The number of benzene rings is 2. The number of hydrogen-bond acceptors (Lipinski definition) is 5. The van der Waals surface area contributed by atoms with Crippen molar-refractivity contribution in [2.24, 2.45) is 0 Å². The fraction of sp³-hybridized carbons (Fsp3) is 0.357. The summed E-state index contributed by atoms with van der Waals surface area (Å²) in [6.07, 6.45) is 1.93. The third kappa shape index (κ3) is 7.53. The van der Waals surface area contributed by atoms with Crippen LogP contribution in [0.5, 0.6) is 0 Å². The Hall–Kier alpha value is -3.42. The molecule has 1 heterocycles. The largest absolute Gasteiger partial charge is 0.456 e. The molecule has 0 unspecified atom stereocenters. The number of nitrogens with zero attached hydrogens (tertiary/aromatic N) is 2. The topological polar surface area (TPSA) is 91.4 Å². The van der Waals surface area contributed by atoms with Crippen LogP contribution in [0.3, 0.4) is 0 Å². The second kappa shape index (κ2) is 12.9. The zero-order valence-corrected chi connectivity index (χ0v) is 21.3. The molecule has 0 bridgehead atoms. The van der Waals surface area contributed by atoms with Crippen LogP contribution in [0.2, 0.25) is 0 Å². The van der Waals surface area contributed by atoms with Gasteiger partial charge in [0.25, 0.3) is 0 Å². The minimum Gasteiger partial charge on any atom is -0.456 e. The molecule has 0 amide bonds. The van der Waals surface area contributed by atoms with Gasteiger partial charge in [0, 0.05) is 35.3 Å². The quantitative estimate of drug-likeness (QED) is 0.178. The molecule has 0 fully saturated rings. The van der Waals surface area contributed by atoms with Crippen LogP contribution >= 0.6 is 0 Å². The van der Waals surface area contributed by atoms with Crippen molar-refractivity contribution < 1.29 is 4.42 Å². The molecular formula is C28H38N6O. The molecule has 7 nitrogen and oxygen atoms in total. The first-order chi connectivity index (χ1) is 16.9. The normalized spacial score (nSPS) is 11.1. The molecule has 0 radical (unpaired) electrons. The summed E-state index contributed by atoms with van der Waals surface area (Å²) in [4.78, 5) is 4.28. The smallest absolute Gasteiger partial charge is 0.135 e. The number of rotatable bonds is 12. The predicted molar refractivity (Wildman–Crippen MR) is 146 cm³/mol. The van der Waals surface area contributed by atoms with E-state index in [4.69, 9.17) is 15.2 Å². The van der Waals surface area contributed by atoms with Gasteiger partial charge in [-0.1, -0.05) is 48.5 Å². The van der Waals surface area contributed by atoms with Gasteiger partial charge in [-0.05, 0) is 66.3 Å². The van der Waals surface area contributed by atoms with E-state index in [1.165, 1.54) is 0 Å². The molecule has 3 aromatic rings. The average Bonchev–Trinajstić information content (AvgIpc) is 3.34. The van der Waals surface area contributed by atoms with Crippen molar-refractivity contribution in [3.05, 3.63) is 71.8 Å². The van der Waals surface area contributed by atoms with E-state index < -0.39 is 0 Å². The molecule has 0 saturated heterocycles. The second-order valence-corrected chi connectivity index (χ2v) is 9.17. The van der Waals surface area contributed by atoms with Crippen LogP contribution in [0.15, 0.2) is 65.1 Å². The van der Waals surface area contributed by atoms with Crippen LogP contribution in [0.4, 0.5) is 0 Å². The third-order valence-electron chi connectivity index (χ3n) is 5.70. The maximum atomic E-state index is 8.57. The van der Waals surface area contributed by atoms with Crippen molar-refractivity contribution in [1.29, 1.82) is 10.8 Å². The lowest BCUT2D eigenvalue weighted by Gasteiger charge is -2.14. The Morgan fingerprint density at radius 3 is 1.46 bits per heavy atom. The third-order valence-corrected chi connectivity index (χ3v) is 5.70. The van der Waals surface area contributed by atoms with E-state index in [1.54, 1.807) is 0 Å². The van der Waals surface area contributed by atoms with Crippen molar-refractivity contribution in [3.8, 4) is 22.6 Å². The highest BCUT2D eigenvalue weighted by Gasteiger charge is 2.16. The molecular weight excluding hydrogens is 436 g/mol. The Labute approximate surface area is 209 Å². The SMILES string of the molecule is CN(C)CCCNC(=N)c1ccccc1-c1ccc(-c2ccccc2C(=N)NCCCN(C)C)o1. The van der Waals surface area contributed by atoms with Crippen molar-refractivity contribution in [1.82, 2.24) is 20.4 Å². The fourth-order valence-corrected chi connectivity index (χ4v) is 3.87. The van der Waals surface area contributed by atoms with Crippen LogP contribution in [0.25, 0.3) is 22.6 Å². The van der Waals surface area contributed by atoms with Gasteiger partial charge in [0.2, 0.25) is 0 Å². The van der Waals surface area contributed by atoms with Gasteiger partial charge in [-0.3, -0.25) is 10.8 Å². The van der Waals surface area contributed by atoms with Crippen LogP contribution in [-0.2, 0) is 0 Å². The van der Waals surface area contributed by atoms with Gasteiger partial charge < -0.3 is 24.9 Å². The Bertz CT molecular complexity index is 1030. The van der Waals surface area contributed by atoms with Gasteiger partial charge in [0.15, 0.2) is 0 Å². The zero-order chi connectivity index (χ0) is 25.2. The first kappa shape index (κ1) is 26.2. The maximum absolute atomic E-state index is 8.57. The van der Waals surface area contributed by atoms with Gasteiger partial charge in [0.05, 0.1) is 0 Å². The Morgan fingerprint density at radius 1 is 0.657 bits per heavy atom. The van der Waals surface area contributed by atoms with Gasteiger partial charge in [-0.2, -0.15) is 0 Å². The molecule has 35 heavy (non-hydrogen) atoms. The molecule has 3 rings (SSSR count). The molecule has 0 aliphatic carbocycles. The van der Waals surface area contributed by atoms with E-state index in [0.717, 1.165) is 61.3 Å². The van der Waals surface area contributed by atoms with E-state index in [9.17, 15) is 0 Å². The standard InChI is InChI=1S/C28H38N6O/c1-33(2)19-9-17-31-27(29)23-13-7-5-11-21(23)25-15-16-26(35-25)22-12-6-8-14-24(22)28(30)32-18-10-20-34(3)4/h5-8,11-16H,9-10,17-20H2,1-4H3,(H2,29,31)(H2,30,32). The highest BCUT2D eigenvalue weighted by molar-refractivity contribution is 6.03. The van der Waals surface area contributed by atoms with Gasteiger partial charge in [-0.15, -0.1) is 0 Å². The number of hydrogen-bond donors (Lipinski definition) is 4. The Kier molecular flexibility index (Phi) is 9.64. The highest BCUT2D eigenvalue weighted by atomic mass is 16.3. The molecule has 1 aromatic heterocycles. The monoisotopic (exact) mass is 474 g/mol. The lowest BCUT2D eigenvalue weighted by molar-refractivity contribution is 0.400. The minimum atomic E-state index is 0.390. The molecule has 0 aliphatic rings. The molecule has 0 atom stereocenters. The molecule has 4 N–H and O–H groups in total. The summed E-state index contributed by atoms with van der Waals surface area (Å²) < 4.78 is 6.29. The Morgan fingerprint density at radius 2 is 1.06 bits per heavy atom. The van der Waals surface area contributed by atoms with Crippen molar-refractivity contribution >= 4 is 11.7 Å². The van der Waals surface area contributed by atoms with Crippen molar-refractivity contribution in [2.75, 3.05) is 54.4 Å². The van der Waals surface area contributed by atoms with Crippen molar-refractivity contribution in [2.45, 2.75) is 12.8 Å². The lowest BCUT2D eigenvalue weighted by atomic mass is 10.0. The lowest BCUT2D eigenvalue weighted by Crippen LogP contribution is -2.27. The summed E-state index contributed by atoms with van der Waals surface area (Å²) in [6, 6.07) is 19.5. The fourth-order valence-electron chi connectivity index (χ4n) is 3.87. The van der Waals surface area contributed by atoms with E-state index in [2.05, 4.69) is 48.6 Å². The minimum absolute atomic E-state index is 0.390. The molecule has 0 saturated carbocycles. The highest BCUT2D eigenvalue weighted by Crippen LogP contribution is 2.32. The molecule has 186 valence electrons. The number of nitrogens with one attached hydrogen (secondary N) is 4. The van der Waals surface area contributed by atoms with Crippen LogP contribution in [-0.4, -0.2) is 75.8 Å². The first-order valence-electron chi connectivity index (χ1n) is 12.1. The molecule has 2 aromatic carbocycles. The Balaban J connectivity index is 1.76. The molecule has 7 heteroatoms. The predicted octanol–water partition coefficient (Wildman–Crippen LogP) is 4.35. The number of amidine groups is 2.